The quantitative estimate of drug-likeness (QED) is 0.818. The van der Waals surface area contributed by atoms with Crippen LogP contribution in [-0.4, -0.2) is 14.8 Å². The van der Waals surface area contributed by atoms with Crippen molar-refractivity contribution in [2.45, 2.75) is 19.9 Å². The van der Waals surface area contributed by atoms with Crippen LogP contribution in [0.4, 0.5) is 5.82 Å². The van der Waals surface area contributed by atoms with Gasteiger partial charge in [-0.2, -0.15) is 5.10 Å². The molecule has 2 aromatic heterocycles. The van der Waals surface area contributed by atoms with Crippen LogP contribution < -0.4 is 5.73 Å². The van der Waals surface area contributed by atoms with Gasteiger partial charge >= 0.3 is 0 Å². The summed E-state index contributed by atoms with van der Waals surface area (Å²) in [5.41, 5.74) is 7.96. The van der Waals surface area contributed by atoms with Gasteiger partial charge in [0.2, 0.25) is 0 Å². The molecule has 0 aliphatic heterocycles. The maximum Gasteiger partial charge on any atom is 0.148 e. The van der Waals surface area contributed by atoms with E-state index >= 15 is 0 Å². The summed E-state index contributed by atoms with van der Waals surface area (Å²) in [5, 5.41) is 4.20. The standard InChI is InChI=1S/C11H14N4/c1-9-8-15(14-11(9)12)7-4-10-2-5-13-6-3-10/h2-3,5-6,8H,4,7H2,1H3,(H2,12,14). The molecule has 0 saturated heterocycles. The molecular weight excluding hydrogens is 188 g/mol. The summed E-state index contributed by atoms with van der Waals surface area (Å²) in [4.78, 5) is 3.98. The van der Waals surface area contributed by atoms with Crippen LogP contribution in [0.25, 0.3) is 0 Å². The Bertz CT molecular complexity index is 414. The van der Waals surface area contributed by atoms with Crippen LogP contribution in [0.15, 0.2) is 30.7 Å². The van der Waals surface area contributed by atoms with Gasteiger partial charge in [0.15, 0.2) is 0 Å². The number of rotatable bonds is 3. The molecule has 2 rings (SSSR count). The summed E-state index contributed by atoms with van der Waals surface area (Å²) >= 11 is 0. The lowest BCUT2D eigenvalue weighted by Gasteiger charge is -2.00. The zero-order valence-corrected chi connectivity index (χ0v) is 8.72. The summed E-state index contributed by atoms with van der Waals surface area (Å²) in [7, 11) is 0. The van der Waals surface area contributed by atoms with E-state index in [2.05, 4.69) is 10.1 Å². The molecule has 78 valence electrons. The minimum Gasteiger partial charge on any atom is -0.382 e. The zero-order valence-electron chi connectivity index (χ0n) is 8.72. The van der Waals surface area contributed by atoms with E-state index in [0.29, 0.717) is 5.82 Å². The van der Waals surface area contributed by atoms with Crippen molar-refractivity contribution >= 4 is 5.82 Å². The van der Waals surface area contributed by atoms with Gasteiger partial charge in [0, 0.05) is 30.7 Å². The molecule has 0 spiro atoms. The molecular formula is C11H14N4. The number of pyridine rings is 1. The van der Waals surface area contributed by atoms with Crippen molar-refractivity contribution in [3.8, 4) is 0 Å². The van der Waals surface area contributed by atoms with E-state index in [1.165, 1.54) is 5.56 Å². The Kier molecular flexibility index (Phi) is 2.67. The fraction of sp³-hybridized carbons (Fsp3) is 0.273. The molecule has 15 heavy (non-hydrogen) atoms. The second-order valence-corrected chi connectivity index (χ2v) is 3.57. The summed E-state index contributed by atoms with van der Waals surface area (Å²) in [5.74, 6) is 0.615. The van der Waals surface area contributed by atoms with Gasteiger partial charge in [0.05, 0.1) is 0 Å². The highest BCUT2D eigenvalue weighted by Crippen LogP contribution is 2.07. The topological polar surface area (TPSA) is 56.7 Å². The fourth-order valence-corrected chi connectivity index (χ4v) is 1.44. The van der Waals surface area contributed by atoms with Gasteiger partial charge in [0.25, 0.3) is 0 Å². The maximum absolute atomic E-state index is 5.67. The van der Waals surface area contributed by atoms with Crippen molar-refractivity contribution in [3.63, 3.8) is 0 Å². The first-order valence-electron chi connectivity index (χ1n) is 4.94. The van der Waals surface area contributed by atoms with E-state index < -0.39 is 0 Å². The molecule has 0 fully saturated rings. The molecule has 2 N–H and O–H groups in total. The number of aromatic nitrogens is 3. The average molecular weight is 202 g/mol. The fourth-order valence-electron chi connectivity index (χ4n) is 1.44. The van der Waals surface area contributed by atoms with Crippen LogP contribution in [0.5, 0.6) is 0 Å². The largest absolute Gasteiger partial charge is 0.382 e. The molecule has 0 aliphatic carbocycles. The van der Waals surface area contributed by atoms with E-state index in [-0.39, 0.29) is 0 Å². The van der Waals surface area contributed by atoms with Crippen LogP contribution in [0.3, 0.4) is 0 Å². The third kappa shape index (κ3) is 2.34. The van der Waals surface area contributed by atoms with Crippen molar-refractivity contribution in [1.82, 2.24) is 14.8 Å². The highest BCUT2D eigenvalue weighted by atomic mass is 15.3. The molecule has 0 radical (unpaired) electrons. The normalized spacial score (nSPS) is 10.5. The first-order chi connectivity index (χ1) is 7.25. The molecule has 0 unspecified atom stereocenters. The van der Waals surface area contributed by atoms with Crippen molar-refractivity contribution in [2.75, 3.05) is 5.73 Å². The third-order valence-electron chi connectivity index (χ3n) is 2.36. The summed E-state index contributed by atoms with van der Waals surface area (Å²) in [6.45, 7) is 2.81. The van der Waals surface area contributed by atoms with Crippen molar-refractivity contribution < 1.29 is 0 Å². The lowest BCUT2D eigenvalue weighted by molar-refractivity contribution is 0.616. The number of hydrogen-bond donors (Lipinski definition) is 1. The lowest BCUT2D eigenvalue weighted by atomic mass is 10.2. The number of anilines is 1. The number of aryl methyl sites for hydroxylation is 3. The highest BCUT2D eigenvalue weighted by molar-refractivity contribution is 5.35. The van der Waals surface area contributed by atoms with Crippen LogP contribution in [-0.2, 0) is 13.0 Å². The van der Waals surface area contributed by atoms with Gasteiger partial charge in [-0.1, -0.05) is 0 Å². The van der Waals surface area contributed by atoms with E-state index in [9.17, 15) is 0 Å². The predicted molar refractivity (Wildman–Crippen MR) is 59.3 cm³/mol. The SMILES string of the molecule is Cc1cn(CCc2ccncc2)nc1N. The Morgan fingerprint density at radius 1 is 1.33 bits per heavy atom. The molecule has 2 heterocycles. The molecule has 2 aromatic rings. The van der Waals surface area contributed by atoms with Crippen molar-refractivity contribution in [3.05, 3.63) is 41.9 Å². The number of nitrogen functional groups attached to an aromatic ring is 1. The first kappa shape index (κ1) is 9.71. The monoisotopic (exact) mass is 202 g/mol. The minimum atomic E-state index is 0.615. The van der Waals surface area contributed by atoms with E-state index in [0.717, 1.165) is 18.5 Å². The van der Waals surface area contributed by atoms with Crippen LogP contribution in [0, 0.1) is 6.92 Å². The van der Waals surface area contributed by atoms with Crippen LogP contribution in [0.1, 0.15) is 11.1 Å². The van der Waals surface area contributed by atoms with Gasteiger partial charge in [-0.25, -0.2) is 0 Å². The van der Waals surface area contributed by atoms with Crippen molar-refractivity contribution in [2.24, 2.45) is 0 Å². The Morgan fingerprint density at radius 2 is 2.07 bits per heavy atom. The second-order valence-electron chi connectivity index (χ2n) is 3.57. The molecule has 4 heteroatoms. The molecule has 0 aliphatic rings. The predicted octanol–water partition coefficient (Wildman–Crippen LogP) is 1.41. The lowest BCUT2D eigenvalue weighted by Crippen LogP contribution is -2.02. The molecule has 0 amide bonds. The smallest absolute Gasteiger partial charge is 0.148 e. The van der Waals surface area contributed by atoms with Crippen molar-refractivity contribution in [1.29, 1.82) is 0 Å². The molecule has 4 nitrogen and oxygen atoms in total. The van der Waals surface area contributed by atoms with Crippen LogP contribution >= 0.6 is 0 Å². The summed E-state index contributed by atoms with van der Waals surface area (Å²) in [6.07, 6.45) is 6.52. The van der Waals surface area contributed by atoms with E-state index in [1.54, 1.807) is 12.4 Å². The van der Waals surface area contributed by atoms with Gasteiger partial charge in [-0.3, -0.25) is 9.67 Å². The molecule has 0 atom stereocenters. The third-order valence-corrected chi connectivity index (χ3v) is 2.36. The molecule has 0 bridgehead atoms. The highest BCUT2D eigenvalue weighted by Gasteiger charge is 2.00. The van der Waals surface area contributed by atoms with Gasteiger partial charge in [-0.15, -0.1) is 0 Å². The van der Waals surface area contributed by atoms with Gasteiger partial charge in [0.1, 0.15) is 5.82 Å². The number of nitrogens with two attached hydrogens (primary N) is 1. The Morgan fingerprint density at radius 3 is 2.67 bits per heavy atom. The Labute approximate surface area is 88.8 Å². The van der Waals surface area contributed by atoms with E-state index in [4.69, 9.17) is 5.73 Å². The Hall–Kier alpha value is -1.84. The molecule has 0 aromatic carbocycles. The van der Waals surface area contributed by atoms with E-state index in [1.807, 2.05) is 29.9 Å². The number of hydrogen-bond acceptors (Lipinski definition) is 3. The first-order valence-corrected chi connectivity index (χ1v) is 4.94. The van der Waals surface area contributed by atoms with Crippen LogP contribution in [0.2, 0.25) is 0 Å². The zero-order chi connectivity index (χ0) is 10.7. The minimum absolute atomic E-state index is 0.615. The summed E-state index contributed by atoms with van der Waals surface area (Å²) in [6, 6.07) is 4.03. The summed E-state index contributed by atoms with van der Waals surface area (Å²) < 4.78 is 1.88. The average Bonchev–Trinajstić information content (AvgIpc) is 2.57. The molecule has 0 saturated carbocycles. The number of nitrogens with zero attached hydrogens (tertiary/aromatic N) is 3. The van der Waals surface area contributed by atoms with Gasteiger partial charge < -0.3 is 5.73 Å². The second kappa shape index (κ2) is 4.13. The maximum atomic E-state index is 5.67. The van der Waals surface area contributed by atoms with Gasteiger partial charge in [-0.05, 0) is 31.0 Å². The Balaban J connectivity index is 1.99.